The highest BCUT2D eigenvalue weighted by Gasteiger charge is 2.32. The first kappa shape index (κ1) is 16.9. The molecule has 22 heavy (non-hydrogen) atoms. The number of hydrogen-bond acceptors (Lipinski definition) is 3. The molecule has 1 aromatic rings. The molecule has 2 unspecified atom stereocenters. The molecule has 1 aliphatic rings. The summed E-state index contributed by atoms with van der Waals surface area (Å²) in [5.74, 6) is 0.661. The highest BCUT2D eigenvalue weighted by Crippen LogP contribution is 2.40. The molecule has 1 aliphatic heterocycles. The zero-order valence-electron chi connectivity index (χ0n) is 15.1. The molecule has 1 heterocycles. The van der Waals surface area contributed by atoms with Crippen LogP contribution in [0.4, 0.5) is 0 Å². The highest BCUT2D eigenvalue weighted by atomic mass is 16.6. The van der Waals surface area contributed by atoms with Gasteiger partial charge in [-0.3, -0.25) is 0 Å². The summed E-state index contributed by atoms with van der Waals surface area (Å²) in [5.41, 5.74) is 3.70. The fourth-order valence-corrected chi connectivity index (χ4v) is 2.78. The molecule has 122 valence electrons. The molecule has 3 heteroatoms. The molecule has 3 nitrogen and oxygen atoms in total. The van der Waals surface area contributed by atoms with E-state index >= 15 is 0 Å². The fraction of sp³-hybridized carbons (Fsp3) is 0.632. The summed E-state index contributed by atoms with van der Waals surface area (Å²) in [5, 5.41) is 15.1. The van der Waals surface area contributed by atoms with Crippen LogP contribution in [0.2, 0.25) is 0 Å². The van der Waals surface area contributed by atoms with Gasteiger partial charge in [-0.25, -0.2) is 0 Å². The van der Waals surface area contributed by atoms with Crippen molar-refractivity contribution in [3.8, 4) is 5.75 Å². The summed E-state index contributed by atoms with van der Waals surface area (Å²) in [7, 11) is 0. The number of nitrogens with zero attached hydrogens (tertiary/aromatic N) is 1. The Hall–Kier alpha value is -1.51. The van der Waals surface area contributed by atoms with E-state index in [1.165, 1.54) is 0 Å². The Kier molecular flexibility index (Phi) is 4.05. The van der Waals surface area contributed by atoms with Gasteiger partial charge < -0.3 is 9.94 Å². The van der Waals surface area contributed by atoms with Gasteiger partial charge in [0.1, 0.15) is 11.9 Å². The molecule has 0 spiro atoms. The van der Waals surface area contributed by atoms with Crippen LogP contribution in [0.25, 0.3) is 0 Å². The van der Waals surface area contributed by atoms with Gasteiger partial charge in [0, 0.05) is 22.6 Å². The molecule has 0 saturated carbocycles. The highest BCUT2D eigenvalue weighted by molar-refractivity contribution is 6.03. The Morgan fingerprint density at radius 3 is 1.73 bits per heavy atom. The summed E-state index contributed by atoms with van der Waals surface area (Å²) in [6.07, 6.45) is 0.0972. The van der Waals surface area contributed by atoms with E-state index in [9.17, 15) is 5.11 Å². The van der Waals surface area contributed by atoms with Gasteiger partial charge in [0.2, 0.25) is 0 Å². The lowest BCUT2D eigenvalue weighted by Gasteiger charge is -2.28. The van der Waals surface area contributed by atoms with Crippen molar-refractivity contribution in [1.29, 1.82) is 0 Å². The van der Waals surface area contributed by atoms with Crippen molar-refractivity contribution in [3.05, 3.63) is 28.8 Å². The quantitative estimate of drug-likeness (QED) is 0.813. The predicted molar refractivity (Wildman–Crippen MR) is 91.8 cm³/mol. The van der Waals surface area contributed by atoms with Gasteiger partial charge >= 0.3 is 0 Å². The van der Waals surface area contributed by atoms with E-state index in [1.807, 2.05) is 6.92 Å². The van der Waals surface area contributed by atoms with Gasteiger partial charge in [0.15, 0.2) is 0 Å². The molecule has 0 fully saturated rings. The zero-order chi connectivity index (χ0) is 16.9. The minimum absolute atomic E-state index is 0.0972. The van der Waals surface area contributed by atoms with E-state index in [-0.39, 0.29) is 22.9 Å². The second kappa shape index (κ2) is 5.29. The van der Waals surface area contributed by atoms with Crippen LogP contribution in [-0.2, 0) is 15.7 Å². The SMILES string of the molecule is CC1ON=C(c2cc(C(C)(C)C)c(O)c(C(C)(C)C)c2)C1C. The lowest BCUT2D eigenvalue weighted by Crippen LogP contribution is -2.22. The summed E-state index contributed by atoms with van der Waals surface area (Å²) < 4.78 is 0. The normalized spacial score (nSPS) is 22.5. The summed E-state index contributed by atoms with van der Waals surface area (Å²) in [6.45, 7) is 16.9. The number of hydrogen-bond donors (Lipinski definition) is 1. The predicted octanol–water partition coefficient (Wildman–Crippen LogP) is 4.75. The molecule has 0 amide bonds. The number of oxime groups is 1. The van der Waals surface area contributed by atoms with E-state index in [0.29, 0.717) is 5.75 Å². The summed E-state index contributed by atoms with van der Waals surface area (Å²) in [6, 6.07) is 4.14. The van der Waals surface area contributed by atoms with Gasteiger partial charge in [-0.1, -0.05) is 53.6 Å². The third-order valence-corrected chi connectivity index (χ3v) is 4.47. The van der Waals surface area contributed by atoms with Crippen LogP contribution in [0.15, 0.2) is 17.3 Å². The van der Waals surface area contributed by atoms with Crippen LogP contribution in [0.5, 0.6) is 5.75 Å². The Morgan fingerprint density at radius 2 is 1.41 bits per heavy atom. The van der Waals surface area contributed by atoms with E-state index in [2.05, 4.69) is 65.8 Å². The van der Waals surface area contributed by atoms with Crippen LogP contribution in [0, 0.1) is 5.92 Å². The van der Waals surface area contributed by atoms with Crippen molar-refractivity contribution < 1.29 is 9.94 Å². The first-order chi connectivity index (χ1) is 9.93. The molecule has 0 aliphatic carbocycles. The van der Waals surface area contributed by atoms with Gasteiger partial charge in [-0.2, -0.15) is 0 Å². The number of phenolic OH excluding ortho intramolecular Hbond substituents is 1. The van der Waals surface area contributed by atoms with Crippen molar-refractivity contribution in [2.45, 2.75) is 72.3 Å². The smallest absolute Gasteiger partial charge is 0.133 e. The molecule has 0 saturated heterocycles. The molecule has 1 N–H and O–H groups in total. The van der Waals surface area contributed by atoms with Crippen molar-refractivity contribution in [3.63, 3.8) is 0 Å². The number of benzene rings is 1. The van der Waals surface area contributed by atoms with Crippen LogP contribution in [-0.4, -0.2) is 16.9 Å². The lowest BCUT2D eigenvalue weighted by atomic mass is 9.77. The van der Waals surface area contributed by atoms with Crippen LogP contribution in [0.1, 0.15) is 72.1 Å². The third-order valence-electron chi connectivity index (χ3n) is 4.47. The van der Waals surface area contributed by atoms with Gasteiger partial charge in [0.05, 0.1) is 5.71 Å². The van der Waals surface area contributed by atoms with Crippen LogP contribution in [0.3, 0.4) is 0 Å². The molecule has 0 radical (unpaired) electrons. The van der Waals surface area contributed by atoms with Crippen molar-refractivity contribution in [2.75, 3.05) is 0 Å². The molecular formula is C19H29NO2. The number of aromatic hydroxyl groups is 1. The first-order valence-corrected chi connectivity index (χ1v) is 8.05. The lowest BCUT2D eigenvalue weighted by molar-refractivity contribution is 0.0799. The van der Waals surface area contributed by atoms with Crippen molar-refractivity contribution in [1.82, 2.24) is 0 Å². The minimum atomic E-state index is -0.130. The Morgan fingerprint density at radius 1 is 0.955 bits per heavy atom. The fourth-order valence-electron chi connectivity index (χ4n) is 2.78. The van der Waals surface area contributed by atoms with E-state index < -0.39 is 0 Å². The summed E-state index contributed by atoms with van der Waals surface area (Å²) in [4.78, 5) is 5.44. The van der Waals surface area contributed by atoms with Crippen molar-refractivity contribution in [2.24, 2.45) is 11.1 Å². The van der Waals surface area contributed by atoms with E-state index in [4.69, 9.17) is 4.84 Å². The maximum absolute atomic E-state index is 10.8. The average Bonchev–Trinajstić information content (AvgIpc) is 2.68. The van der Waals surface area contributed by atoms with Crippen LogP contribution >= 0.6 is 0 Å². The van der Waals surface area contributed by atoms with Crippen molar-refractivity contribution >= 4 is 5.71 Å². The van der Waals surface area contributed by atoms with Gasteiger partial charge in [0.25, 0.3) is 0 Å². The standard InChI is InChI=1S/C19H29NO2/c1-11-12(2)22-20-16(11)13-9-14(18(3,4)5)17(21)15(10-13)19(6,7)8/h9-12,21H,1-8H3. The molecule has 0 aromatic heterocycles. The largest absolute Gasteiger partial charge is 0.507 e. The van der Waals surface area contributed by atoms with E-state index in [0.717, 1.165) is 22.4 Å². The molecular weight excluding hydrogens is 274 g/mol. The van der Waals surface area contributed by atoms with Gasteiger partial charge in [-0.15, -0.1) is 0 Å². The first-order valence-electron chi connectivity index (χ1n) is 8.05. The second-order valence-electron chi connectivity index (χ2n) is 8.50. The third kappa shape index (κ3) is 2.99. The molecule has 2 rings (SSSR count). The molecule has 0 bridgehead atoms. The zero-order valence-corrected chi connectivity index (χ0v) is 15.1. The topological polar surface area (TPSA) is 41.8 Å². The maximum Gasteiger partial charge on any atom is 0.133 e. The van der Waals surface area contributed by atoms with Gasteiger partial charge in [-0.05, 0) is 29.9 Å². The minimum Gasteiger partial charge on any atom is -0.507 e. The Balaban J connectivity index is 2.67. The monoisotopic (exact) mass is 303 g/mol. The van der Waals surface area contributed by atoms with E-state index in [1.54, 1.807) is 0 Å². The number of rotatable bonds is 1. The van der Waals surface area contributed by atoms with Crippen LogP contribution < -0.4 is 0 Å². The summed E-state index contributed by atoms with van der Waals surface area (Å²) >= 11 is 0. The molecule has 2 atom stereocenters. The Bertz CT molecular complexity index is 568. The maximum atomic E-state index is 10.8. The average molecular weight is 303 g/mol. The Labute approximate surface area is 134 Å². The second-order valence-corrected chi connectivity index (χ2v) is 8.50. The number of phenols is 1. The molecule has 1 aromatic carbocycles.